The maximum Gasteiger partial charge on any atom is 0.264 e. The maximum absolute atomic E-state index is 11.9. The van der Waals surface area contributed by atoms with Crippen molar-refractivity contribution < 1.29 is 14.3 Å². The van der Waals surface area contributed by atoms with Crippen molar-refractivity contribution in [2.45, 2.75) is 33.6 Å². The van der Waals surface area contributed by atoms with E-state index in [9.17, 15) is 4.79 Å². The molecule has 1 N–H and O–H groups in total. The zero-order valence-corrected chi connectivity index (χ0v) is 16.9. The highest BCUT2D eigenvalue weighted by molar-refractivity contribution is 5.92. The van der Waals surface area contributed by atoms with Gasteiger partial charge in [-0.1, -0.05) is 38.1 Å². The maximum atomic E-state index is 11.9. The summed E-state index contributed by atoms with van der Waals surface area (Å²) in [6.45, 7) is 9.25. The summed E-state index contributed by atoms with van der Waals surface area (Å²) in [7, 11) is 0. The molecule has 0 bridgehead atoms. The highest BCUT2D eigenvalue weighted by Crippen LogP contribution is 2.27. The van der Waals surface area contributed by atoms with Crippen molar-refractivity contribution in [3.8, 4) is 11.5 Å². The van der Waals surface area contributed by atoms with E-state index in [1.54, 1.807) is 12.3 Å². The van der Waals surface area contributed by atoms with Crippen LogP contribution in [0.3, 0.4) is 0 Å². The number of rotatable bonds is 9. The first-order valence-corrected chi connectivity index (χ1v) is 9.54. The minimum absolute atomic E-state index is 0.292. The first kappa shape index (κ1) is 21.2. The van der Waals surface area contributed by atoms with Crippen molar-refractivity contribution in [3.05, 3.63) is 65.2 Å². The summed E-state index contributed by atoms with van der Waals surface area (Å²) in [4.78, 5) is 11.9. The molecule has 0 radical (unpaired) electrons. The molecule has 0 spiro atoms. The first-order valence-electron chi connectivity index (χ1n) is 9.54. The smallest absolute Gasteiger partial charge is 0.264 e. The molecule has 0 aliphatic heterocycles. The van der Waals surface area contributed by atoms with E-state index in [1.165, 1.54) is 11.6 Å². The Morgan fingerprint density at radius 3 is 2.29 bits per heavy atom. The van der Waals surface area contributed by atoms with Crippen LogP contribution in [0.5, 0.6) is 11.5 Å². The van der Waals surface area contributed by atoms with Crippen molar-refractivity contribution in [2.75, 3.05) is 13.2 Å². The van der Waals surface area contributed by atoms with E-state index in [0.29, 0.717) is 30.6 Å². The number of nitrogens with zero attached hydrogens (tertiary/aromatic N) is 1. The third kappa shape index (κ3) is 6.58. The van der Waals surface area contributed by atoms with Gasteiger partial charge in [-0.25, -0.2) is 5.43 Å². The number of hydrogen-bond acceptors (Lipinski definition) is 4. The number of amides is 1. The second-order valence-corrected chi connectivity index (χ2v) is 6.46. The van der Waals surface area contributed by atoms with Gasteiger partial charge in [-0.05, 0) is 60.7 Å². The van der Waals surface area contributed by atoms with Crippen molar-refractivity contribution in [3.63, 3.8) is 0 Å². The lowest BCUT2D eigenvalue weighted by Gasteiger charge is -2.11. The number of carbonyl (C=O) groups excluding carboxylic acids is 1. The Morgan fingerprint density at radius 1 is 1.00 bits per heavy atom. The van der Waals surface area contributed by atoms with Crippen LogP contribution in [0.2, 0.25) is 0 Å². The molecule has 0 aromatic heterocycles. The lowest BCUT2D eigenvalue weighted by atomic mass is 10.0. The van der Waals surface area contributed by atoms with E-state index in [1.807, 2.05) is 44.2 Å². The summed E-state index contributed by atoms with van der Waals surface area (Å²) in [6.07, 6.45) is 4.80. The van der Waals surface area contributed by atoms with Crippen LogP contribution in [-0.2, 0) is 4.79 Å². The summed E-state index contributed by atoms with van der Waals surface area (Å²) in [6, 6.07) is 13.7. The molecule has 2 aromatic rings. The van der Waals surface area contributed by atoms with Gasteiger partial charge in [0, 0.05) is 6.08 Å². The van der Waals surface area contributed by atoms with E-state index in [4.69, 9.17) is 9.47 Å². The molecule has 5 heteroatoms. The molecule has 2 rings (SSSR count). The molecule has 0 heterocycles. The standard InChI is InChI=1S/C23H28N2O3/c1-5-27-21-13-9-19(15-22(21)28-6-2)16-24-25-23(26)14-10-18-7-11-20(12-8-18)17(3)4/h7-17H,5-6H2,1-4H3,(H,25,26)/b14-10+,24-16+. The average molecular weight is 380 g/mol. The fraction of sp³-hybridized carbons (Fsp3) is 0.304. The van der Waals surface area contributed by atoms with Crippen LogP contribution in [0.4, 0.5) is 0 Å². The molecule has 0 unspecified atom stereocenters. The molecule has 0 fully saturated rings. The Labute approximate surface area is 167 Å². The fourth-order valence-corrected chi connectivity index (χ4v) is 2.52. The van der Waals surface area contributed by atoms with Gasteiger partial charge in [-0.2, -0.15) is 5.10 Å². The van der Waals surface area contributed by atoms with E-state index in [0.717, 1.165) is 11.1 Å². The fourth-order valence-electron chi connectivity index (χ4n) is 2.52. The Balaban J connectivity index is 1.94. The van der Waals surface area contributed by atoms with E-state index < -0.39 is 0 Å². The van der Waals surface area contributed by atoms with Crippen LogP contribution in [0.25, 0.3) is 6.08 Å². The van der Waals surface area contributed by atoms with Gasteiger partial charge in [0.2, 0.25) is 0 Å². The van der Waals surface area contributed by atoms with Crippen LogP contribution >= 0.6 is 0 Å². The lowest BCUT2D eigenvalue weighted by Crippen LogP contribution is -2.14. The summed E-state index contributed by atoms with van der Waals surface area (Å²) in [5.41, 5.74) is 5.54. The third-order valence-electron chi connectivity index (χ3n) is 3.99. The zero-order chi connectivity index (χ0) is 20.4. The molecular weight excluding hydrogens is 352 g/mol. The number of ether oxygens (including phenoxy) is 2. The zero-order valence-electron chi connectivity index (χ0n) is 16.9. The number of hydrazone groups is 1. The average Bonchev–Trinajstić information content (AvgIpc) is 2.69. The lowest BCUT2D eigenvalue weighted by molar-refractivity contribution is -0.116. The van der Waals surface area contributed by atoms with Gasteiger partial charge < -0.3 is 9.47 Å². The first-order chi connectivity index (χ1) is 13.5. The van der Waals surface area contributed by atoms with E-state index in [-0.39, 0.29) is 5.91 Å². The molecular formula is C23H28N2O3. The highest BCUT2D eigenvalue weighted by Gasteiger charge is 2.05. The molecule has 0 aliphatic rings. The molecule has 2 aromatic carbocycles. The predicted molar refractivity (Wildman–Crippen MR) is 114 cm³/mol. The van der Waals surface area contributed by atoms with Gasteiger partial charge in [0.05, 0.1) is 19.4 Å². The summed E-state index contributed by atoms with van der Waals surface area (Å²) in [5, 5.41) is 4.00. The second kappa shape index (κ2) is 10.9. The molecule has 0 saturated carbocycles. The van der Waals surface area contributed by atoms with Gasteiger partial charge in [0.25, 0.3) is 5.91 Å². The number of nitrogens with one attached hydrogen (secondary N) is 1. The molecule has 0 saturated heterocycles. The van der Waals surface area contributed by atoms with Gasteiger partial charge in [0.15, 0.2) is 11.5 Å². The Kier molecular flexibility index (Phi) is 8.28. The molecule has 148 valence electrons. The molecule has 5 nitrogen and oxygen atoms in total. The van der Waals surface area contributed by atoms with E-state index >= 15 is 0 Å². The van der Waals surface area contributed by atoms with Crippen molar-refractivity contribution >= 4 is 18.2 Å². The van der Waals surface area contributed by atoms with Crippen LogP contribution in [0.1, 0.15) is 50.3 Å². The molecule has 28 heavy (non-hydrogen) atoms. The number of carbonyl (C=O) groups is 1. The number of benzene rings is 2. The highest BCUT2D eigenvalue weighted by atomic mass is 16.5. The van der Waals surface area contributed by atoms with Crippen LogP contribution < -0.4 is 14.9 Å². The van der Waals surface area contributed by atoms with Gasteiger partial charge in [-0.3, -0.25) is 4.79 Å². The van der Waals surface area contributed by atoms with Crippen LogP contribution in [0.15, 0.2) is 53.6 Å². The topological polar surface area (TPSA) is 59.9 Å². The van der Waals surface area contributed by atoms with Gasteiger partial charge >= 0.3 is 0 Å². The van der Waals surface area contributed by atoms with Crippen LogP contribution in [0, 0.1) is 0 Å². The van der Waals surface area contributed by atoms with Crippen molar-refractivity contribution in [1.29, 1.82) is 0 Å². The van der Waals surface area contributed by atoms with Crippen molar-refractivity contribution in [2.24, 2.45) is 5.10 Å². The predicted octanol–water partition coefficient (Wildman–Crippen LogP) is 4.77. The molecule has 0 atom stereocenters. The summed E-state index contributed by atoms with van der Waals surface area (Å²) < 4.78 is 11.1. The third-order valence-corrected chi connectivity index (χ3v) is 3.99. The normalized spacial score (nSPS) is 11.3. The van der Waals surface area contributed by atoms with Gasteiger partial charge in [0.1, 0.15) is 0 Å². The minimum Gasteiger partial charge on any atom is -0.490 e. The molecule has 1 amide bonds. The quantitative estimate of drug-likeness (QED) is 0.387. The van der Waals surface area contributed by atoms with Crippen LogP contribution in [-0.4, -0.2) is 25.3 Å². The Bertz CT molecular complexity index is 824. The second-order valence-electron chi connectivity index (χ2n) is 6.46. The Morgan fingerprint density at radius 2 is 1.64 bits per heavy atom. The van der Waals surface area contributed by atoms with E-state index in [2.05, 4.69) is 36.5 Å². The van der Waals surface area contributed by atoms with Gasteiger partial charge in [-0.15, -0.1) is 0 Å². The SMILES string of the molecule is CCOc1ccc(/C=N/NC(=O)/C=C/c2ccc(C(C)C)cc2)cc1OCC. The summed E-state index contributed by atoms with van der Waals surface area (Å²) in [5.74, 6) is 1.54. The van der Waals surface area contributed by atoms with Crippen molar-refractivity contribution in [1.82, 2.24) is 5.43 Å². The number of hydrogen-bond donors (Lipinski definition) is 1. The monoisotopic (exact) mass is 380 g/mol. The Hall–Kier alpha value is -3.08. The largest absolute Gasteiger partial charge is 0.490 e. The molecule has 0 aliphatic carbocycles. The minimum atomic E-state index is -0.292. The summed E-state index contributed by atoms with van der Waals surface area (Å²) >= 11 is 0.